The molecule has 8 heteroatoms. The van der Waals surface area contributed by atoms with Crippen LogP contribution in [0.1, 0.15) is 11.1 Å². The highest BCUT2D eigenvalue weighted by atomic mass is 19.1. The number of nitrogens with zero attached hydrogens (tertiary/aromatic N) is 3. The van der Waals surface area contributed by atoms with E-state index in [1.165, 1.54) is 36.5 Å². The molecular formula is C26H23F2N3O3. The molecule has 34 heavy (non-hydrogen) atoms. The summed E-state index contributed by atoms with van der Waals surface area (Å²) in [6.07, 6.45) is 6.22. The van der Waals surface area contributed by atoms with Crippen molar-refractivity contribution >= 4 is 17.9 Å². The van der Waals surface area contributed by atoms with Gasteiger partial charge in [0.25, 0.3) is 0 Å². The molecule has 1 aliphatic rings. The number of aromatic nitrogens is 1. The summed E-state index contributed by atoms with van der Waals surface area (Å²) in [7, 11) is 0. The maximum Gasteiger partial charge on any atom is 0.246 e. The first-order chi connectivity index (χ1) is 16.5. The Morgan fingerprint density at radius 2 is 1.71 bits per heavy atom. The molecular weight excluding hydrogens is 440 g/mol. The minimum Gasteiger partial charge on any atom is -0.453 e. The van der Waals surface area contributed by atoms with Gasteiger partial charge in [0.05, 0.1) is 12.6 Å². The highest BCUT2D eigenvalue weighted by molar-refractivity contribution is 5.92. The number of amides is 2. The van der Waals surface area contributed by atoms with Gasteiger partial charge in [-0.2, -0.15) is 0 Å². The molecule has 1 saturated heterocycles. The van der Waals surface area contributed by atoms with E-state index in [1.54, 1.807) is 52.4 Å². The molecule has 0 radical (unpaired) electrons. The number of rotatable bonds is 6. The average molecular weight is 463 g/mol. The van der Waals surface area contributed by atoms with E-state index < -0.39 is 5.82 Å². The highest BCUT2D eigenvalue weighted by Crippen LogP contribution is 2.25. The number of benzene rings is 2. The molecule has 0 atom stereocenters. The van der Waals surface area contributed by atoms with Crippen LogP contribution in [0, 0.1) is 11.6 Å². The molecule has 0 aliphatic carbocycles. The summed E-state index contributed by atoms with van der Waals surface area (Å²) in [6.45, 7) is 1.67. The van der Waals surface area contributed by atoms with E-state index in [4.69, 9.17) is 4.74 Å². The van der Waals surface area contributed by atoms with Gasteiger partial charge in [-0.25, -0.2) is 8.78 Å². The molecule has 0 unspecified atom stereocenters. The van der Waals surface area contributed by atoms with Crippen molar-refractivity contribution in [1.82, 2.24) is 14.8 Å². The Kier molecular flexibility index (Phi) is 7.27. The third kappa shape index (κ3) is 6.04. The Morgan fingerprint density at radius 1 is 0.971 bits per heavy atom. The Morgan fingerprint density at radius 3 is 2.38 bits per heavy atom. The summed E-state index contributed by atoms with van der Waals surface area (Å²) < 4.78 is 32.9. The lowest BCUT2D eigenvalue weighted by molar-refractivity contribution is -0.136. The fourth-order valence-electron chi connectivity index (χ4n) is 3.58. The van der Waals surface area contributed by atoms with Gasteiger partial charge in [-0.3, -0.25) is 14.6 Å². The Labute approximate surface area is 196 Å². The number of halogens is 2. The predicted octanol–water partition coefficient (Wildman–Crippen LogP) is 4.08. The third-order valence-electron chi connectivity index (χ3n) is 5.45. The summed E-state index contributed by atoms with van der Waals surface area (Å²) >= 11 is 0. The lowest BCUT2D eigenvalue weighted by Crippen LogP contribution is -2.50. The van der Waals surface area contributed by atoms with E-state index in [0.717, 1.165) is 5.56 Å². The maximum absolute atomic E-state index is 14.4. The SMILES string of the molecule is O=C(/C=C/c1ccc(Oc2cccnc2)c(F)c1)N1CCN(C(=O)Cc2ccc(F)cc2)CC1. The standard InChI is InChI=1S/C26H23F2N3O3/c27-21-7-3-20(4-8-21)17-26(33)31-14-12-30(13-15-31)25(32)10-6-19-5-9-24(23(28)16-19)34-22-2-1-11-29-18-22/h1-11,16,18H,12-15,17H2/b10-6+. The average Bonchev–Trinajstić information content (AvgIpc) is 2.86. The van der Waals surface area contributed by atoms with Crippen LogP contribution < -0.4 is 4.74 Å². The second kappa shape index (κ2) is 10.7. The number of hydrogen-bond acceptors (Lipinski definition) is 4. The van der Waals surface area contributed by atoms with E-state index in [2.05, 4.69) is 4.98 Å². The molecule has 2 amide bonds. The summed E-state index contributed by atoms with van der Waals surface area (Å²) in [4.78, 5) is 32.3. The molecule has 1 aromatic heterocycles. The van der Waals surface area contributed by atoms with Crippen molar-refractivity contribution in [2.24, 2.45) is 0 Å². The second-order valence-corrected chi connectivity index (χ2v) is 7.82. The molecule has 0 N–H and O–H groups in total. The summed E-state index contributed by atoms with van der Waals surface area (Å²) in [5.41, 5.74) is 1.27. The molecule has 6 nitrogen and oxygen atoms in total. The minimum absolute atomic E-state index is 0.0571. The molecule has 0 bridgehead atoms. The van der Waals surface area contributed by atoms with E-state index in [0.29, 0.717) is 37.5 Å². The van der Waals surface area contributed by atoms with Crippen LogP contribution in [-0.2, 0) is 16.0 Å². The van der Waals surface area contributed by atoms with E-state index in [1.807, 2.05) is 0 Å². The third-order valence-corrected chi connectivity index (χ3v) is 5.45. The topological polar surface area (TPSA) is 62.7 Å². The van der Waals surface area contributed by atoms with Crippen molar-refractivity contribution in [1.29, 1.82) is 0 Å². The van der Waals surface area contributed by atoms with Crippen LogP contribution >= 0.6 is 0 Å². The molecule has 1 fully saturated rings. The van der Waals surface area contributed by atoms with E-state index >= 15 is 0 Å². The predicted molar refractivity (Wildman–Crippen MR) is 123 cm³/mol. The molecule has 2 heterocycles. The molecule has 2 aromatic carbocycles. The van der Waals surface area contributed by atoms with Gasteiger partial charge in [0, 0.05) is 38.5 Å². The molecule has 174 valence electrons. The normalized spacial score (nSPS) is 13.8. The Hall–Kier alpha value is -4.07. The van der Waals surface area contributed by atoms with Crippen molar-refractivity contribution in [2.45, 2.75) is 6.42 Å². The van der Waals surface area contributed by atoms with Crippen molar-refractivity contribution in [3.05, 3.63) is 95.8 Å². The van der Waals surface area contributed by atoms with Crippen LogP contribution in [0.4, 0.5) is 8.78 Å². The minimum atomic E-state index is -0.549. The molecule has 4 rings (SSSR count). The number of piperazine rings is 1. The van der Waals surface area contributed by atoms with Gasteiger partial charge in [-0.05, 0) is 53.6 Å². The molecule has 0 spiro atoms. The quantitative estimate of drug-likeness (QED) is 0.517. The smallest absolute Gasteiger partial charge is 0.246 e. The largest absolute Gasteiger partial charge is 0.453 e. The van der Waals surface area contributed by atoms with Crippen molar-refractivity contribution in [2.75, 3.05) is 26.2 Å². The van der Waals surface area contributed by atoms with Gasteiger partial charge in [-0.15, -0.1) is 0 Å². The van der Waals surface area contributed by atoms with E-state index in [-0.39, 0.29) is 29.8 Å². The number of pyridine rings is 1. The van der Waals surface area contributed by atoms with Crippen LogP contribution in [0.25, 0.3) is 6.08 Å². The number of hydrogen-bond donors (Lipinski definition) is 0. The fraction of sp³-hybridized carbons (Fsp3) is 0.192. The lowest BCUT2D eigenvalue weighted by atomic mass is 10.1. The molecule has 0 saturated carbocycles. The van der Waals surface area contributed by atoms with Gasteiger partial charge >= 0.3 is 0 Å². The monoisotopic (exact) mass is 463 g/mol. The summed E-state index contributed by atoms with van der Waals surface area (Å²) in [6, 6.07) is 13.7. The molecule has 1 aliphatic heterocycles. The fourth-order valence-corrected chi connectivity index (χ4v) is 3.58. The van der Waals surface area contributed by atoms with Crippen molar-refractivity contribution in [3.8, 4) is 11.5 Å². The number of carbonyl (C=O) groups excluding carboxylic acids is 2. The Bertz CT molecular complexity index is 1180. The second-order valence-electron chi connectivity index (χ2n) is 7.82. The van der Waals surface area contributed by atoms with Gasteiger partial charge < -0.3 is 14.5 Å². The van der Waals surface area contributed by atoms with Crippen molar-refractivity contribution in [3.63, 3.8) is 0 Å². The van der Waals surface area contributed by atoms with Crippen LogP contribution in [-0.4, -0.2) is 52.8 Å². The first-order valence-electron chi connectivity index (χ1n) is 10.8. The Balaban J connectivity index is 1.28. The first-order valence-corrected chi connectivity index (χ1v) is 10.8. The number of carbonyl (C=O) groups is 2. The highest BCUT2D eigenvalue weighted by Gasteiger charge is 2.23. The van der Waals surface area contributed by atoms with Gasteiger partial charge in [-0.1, -0.05) is 18.2 Å². The zero-order chi connectivity index (χ0) is 23.9. The van der Waals surface area contributed by atoms with Crippen molar-refractivity contribution < 1.29 is 23.1 Å². The summed E-state index contributed by atoms with van der Waals surface area (Å²) in [5.74, 6) is -0.659. The zero-order valence-electron chi connectivity index (χ0n) is 18.4. The number of ether oxygens (including phenoxy) is 1. The lowest BCUT2D eigenvalue weighted by Gasteiger charge is -2.34. The van der Waals surface area contributed by atoms with Crippen LogP contribution in [0.2, 0.25) is 0 Å². The van der Waals surface area contributed by atoms with Crippen LogP contribution in [0.3, 0.4) is 0 Å². The van der Waals surface area contributed by atoms with Gasteiger partial charge in [0.1, 0.15) is 11.6 Å². The zero-order valence-corrected chi connectivity index (χ0v) is 18.4. The van der Waals surface area contributed by atoms with Gasteiger partial charge in [0.15, 0.2) is 11.6 Å². The van der Waals surface area contributed by atoms with Crippen LogP contribution in [0.15, 0.2) is 73.1 Å². The van der Waals surface area contributed by atoms with Gasteiger partial charge in [0.2, 0.25) is 11.8 Å². The van der Waals surface area contributed by atoms with E-state index in [9.17, 15) is 18.4 Å². The first kappa shape index (κ1) is 23.1. The summed E-state index contributed by atoms with van der Waals surface area (Å²) in [5, 5.41) is 0. The molecule has 3 aromatic rings. The maximum atomic E-state index is 14.4. The van der Waals surface area contributed by atoms with Crippen LogP contribution in [0.5, 0.6) is 11.5 Å².